The minimum absolute atomic E-state index is 0.157. The van der Waals surface area contributed by atoms with Gasteiger partial charge in [-0.25, -0.2) is 0 Å². The molecule has 2 aromatic carbocycles. The van der Waals surface area contributed by atoms with Gasteiger partial charge in [0, 0.05) is 19.8 Å². The molecule has 0 aliphatic heterocycles. The van der Waals surface area contributed by atoms with Gasteiger partial charge in [0.05, 0.1) is 18.8 Å². The summed E-state index contributed by atoms with van der Waals surface area (Å²) in [5, 5.41) is 2.30. The maximum Gasteiger partial charge on any atom is 0.242 e. The monoisotopic (exact) mass is 416 g/mol. The summed E-state index contributed by atoms with van der Waals surface area (Å²) >= 11 is 0. The Morgan fingerprint density at radius 3 is 2.27 bits per heavy atom. The maximum absolute atomic E-state index is 13.2. The van der Waals surface area contributed by atoms with Crippen LogP contribution in [0, 0.1) is 0 Å². The maximum atomic E-state index is 13.2. The largest absolute Gasteiger partial charge is 0.374 e. The highest BCUT2D eigenvalue weighted by atomic mass is 16.7. The summed E-state index contributed by atoms with van der Waals surface area (Å²) in [6, 6.07) is 13.6. The number of nitrogens with zero attached hydrogens (tertiary/aromatic N) is 1. The lowest BCUT2D eigenvalue weighted by molar-refractivity contribution is -0.161. The number of ether oxygens (including phenoxy) is 3. The van der Waals surface area contributed by atoms with E-state index >= 15 is 0 Å². The lowest BCUT2D eigenvalue weighted by atomic mass is 10.1. The van der Waals surface area contributed by atoms with E-state index in [1.807, 2.05) is 52.8 Å². The molecule has 0 radical (unpaired) electrons. The van der Waals surface area contributed by atoms with Crippen LogP contribution in [0.1, 0.15) is 40.2 Å². The van der Waals surface area contributed by atoms with Crippen LogP contribution in [-0.2, 0) is 25.5 Å². The Kier molecular flexibility index (Phi) is 9.24. The lowest BCUT2D eigenvalue weighted by Gasteiger charge is -2.30. The molecular weight excluding hydrogens is 380 g/mol. The van der Waals surface area contributed by atoms with Crippen LogP contribution in [-0.4, -0.2) is 55.1 Å². The van der Waals surface area contributed by atoms with E-state index in [1.54, 1.807) is 4.90 Å². The molecule has 0 saturated heterocycles. The van der Waals surface area contributed by atoms with E-state index in [0.717, 1.165) is 16.3 Å². The first kappa shape index (κ1) is 24.3. The summed E-state index contributed by atoms with van der Waals surface area (Å²) in [5.41, 5.74) is 6.86. The fourth-order valence-corrected chi connectivity index (χ4v) is 3.14. The predicted molar refractivity (Wildman–Crippen MR) is 120 cm³/mol. The number of fused-ring (bicyclic) bond motifs is 1. The molecule has 2 rings (SSSR count). The third kappa shape index (κ3) is 7.69. The van der Waals surface area contributed by atoms with Crippen LogP contribution in [0.3, 0.4) is 0 Å². The van der Waals surface area contributed by atoms with Crippen LogP contribution in [0.4, 0.5) is 0 Å². The number of carbonyl (C=O) groups excluding carboxylic acids is 1. The van der Waals surface area contributed by atoms with E-state index in [2.05, 4.69) is 24.3 Å². The molecule has 2 N–H and O–H groups in total. The van der Waals surface area contributed by atoms with Gasteiger partial charge in [-0.2, -0.15) is 0 Å². The van der Waals surface area contributed by atoms with E-state index in [0.29, 0.717) is 26.3 Å². The molecule has 0 fully saturated rings. The Hall–Kier alpha value is -1.99. The van der Waals surface area contributed by atoms with Gasteiger partial charge in [-0.15, -0.1) is 0 Å². The fourth-order valence-electron chi connectivity index (χ4n) is 3.14. The van der Waals surface area contributed by atoms with Gasteiger partial charge >= 0.3 is 0 Å². The topological polar surface area (TPSA) is 74.0 Å². The van der Waals surface area contributed by atoms with Crippen LogP contribution in [0.5, 0.6) is 0 Å². The molecular formula is C24H36N2O4. The van der Waals surface area contributed by atoms with Crippen LogP contribution >= 0.6 is 0 Å². The van der Waals surface area contributed by atoms with Crippen molar-refractivity contribution in [2.75, 3.05) is 26.4 Å². The van der Waals surface area contributed by atoms with Gasteiger partial charge in [0.1, 0.15) is 6.04 Å². The van der Waals surface area contributed by atoms with Gasteiger partial charge in [-0.3, -0.25) is 4.79 Å². The smallest absolute Gasteiger partial charge is 0.242 e. The summed E-state index contributed by atoms with van der Waals surface area (Å²) in [7, 11) is 0. The van der Waals surface area contributed by atoms with Gasteiger partial charge < -0.3 is 24.8 Å². The molecule has 0 unspecified atom stereocenters. The second-order valence-electron chi connectivity index (χ2n) is 8.27. The van der Waals surface area contributed by atoms with Crippen molar-refractivity contribution in [1.82, 2.24) is 4.90 Å². The third-order valence-corrected chi connectivity index (χ3v) is 4.59. The average Bonchev–Trinajstić information content (AvgIpc) is 2.70. The Labute approximate surface area is 180 Å². The number of carbonyl (C=O) groups is 1. The van der Waals surface area contributed by atoms with Crippen molar-refractivity contribution in [3.8, 4) is 0 Å². The minimum atomic E-state index is -0.756. The highest BCUT2D eigenvalue weighted by molar-refractivity contribution is 5.84. The molecule has 1 amide bonds. The number of amides is 1. The summed E-state index contributed by atoms with van der Waals surface area (Å²) in [6.45, 7) is 11.5. The quantitative estimate of drug-likeness (QED) is 0.565. The molecule has 0 bridgehead atoms. The number of hydrogen-bond acceptors (Lipinski definition) is 5. The molecule has 1 atom stereocenters. The molecule has 0 heterocycles. The second-order valence-corrected chi connectivity index (χ2v) is 8.27. The Morgan fingerprint density at radius 1 is 1.03 bits per heavy atom. The van der Waals surface area contributed by atoms with Crippen LogP contribution in [0.25, 0.3) is 10.8 Å². The summed E-state index contributed by atoms with van der Waals surface area (Å²) < 4.78 is 17.1. The number of nitrogens with two attached hydrogens (primary N) is 1. The van der Waals surface area contributed by atoms with Crippen molar-refractivity contribution in [2.24, 2.45) is 5.73 Å². The lowest BCUT2D eigenvalue weighted by Crippen LogP contribution is -2.49. The predicted octanol–water partition coefficient (Wildman–Crippen LogP) is 3.71. The summed E-state index contributed by atoms with van der Waals surface area (Å²) in [6.07, 6.45) is -0.500. The minimum Gasteiger partial charge on any atom is -0.374 e. The van der Waals surface area contributed by atoms with Gasteiger partial charge in [0.25, 0.3) is 0 Å². The zero-order valence-electron chi connectivity index (χ0n) is 18.9. The molecule has 0 aromatic heterocycles. The Morgan fingerprint density at radius 2 is 1.67 bits per heavy atom. The van der Waals surface area contributed by atoms with Crippen molar-refractivity contribution in [1.29, 1.82) is 0 Å². The average molecular weight is 417 g/mol. The zero-order chi connectivity index (χ0) is 22.1. The van der Waals surface area contributed by atoms with E-state index < -0.39 is 12.3 Å². The van der Waals surface area contributed by atoms with Crippen LogP contribution in [0.2, 0.25) is 0 Å². The molecule has 2 aromatic rings. The first-order valence-electron chi connectivity index (χ1n) is 10.6. The van der Waals surface area contributed by atoms with Gasteiger partial charge in [-0.1, -0.05) is 36.4 Å². The molecule has 6 heteroatoms. The van der Waals surface area contributed by atoms with Gasteiger partial charge in [0.2, 0.25) is 5.91 Å². The van der Waals surface area contributed by atoms with Crippen LogP contribution in [0.15, 0.2) is 42.5 Å². The Bertz CT molecular complexity index is 797. The van der Waals surface area contributed by atoms with E-state index in [1.165, 1.54) is 0 Å². The molecule has 0 aliphatic rings. The van der Waals surface area contributed by atoms with Crippen molar-refractivity contribution < 1.29 is 19.0 Å². The van der Waals surface area contributed by atoms with Crippen molar-refractivity contribution in [3.63, 3.8) is 0 Å². The normalized spacial score (nSPS) is 13.0. The number of benzene rings is 2. The molecule has 30 heavy (non-hydrogen) atoms. The molecule has 0 aliphatic carbocycles. The molecule has 0 saturated carbocycles. The number of rotatable bonds is 11. The van der Waals surface area contributed by atoms with Gasteiger partial charge in [0.15, 0.2) is 6.29 Å². The summed E-state index contributed by atoms with van der Waals surface area (Å²) in [4.78, 5) is 14.9. The molecule has 0 spiro atoms. The standard InChI is InChI=1S/C24H36N2O4/c1-6-28-22(29-7-2)16-26(23(27)21(25)17-30-24(3,4)5)15-18-12-13-19-10-8-9-11-20(19)14-18/h8-14,21-22H,6-7,15-17,25H2,1-5H3/t21-/m0/s1. The first-order chi connectivity index (χ1) is 14.2. The fraction of sp³-hybridized carbons (Fsp3) is 0.542. The van der Waals surface area contributed by atoms with Gasteiger partial charge in [-0.05, 0) is 57.0 Å². The number of hydrogen-bond donors (Lipinski definition) is 1. The third-order valence-electron chi connectivity index (χ3n) is 4.59. The van der Waals surface area contributed by atoms with E-state index in [-0.39, 0.29) is 18.1 Å². The van der Waals surface area contributed by atoms with E-state index in [4.69, 9.17) is 19.9 Å². The SMILES string of the molecule is CCOC(CN(Cc1ccc2ccccc2c1)C(=O)[C@@H](N)COC(C)(C)C)OCC. The van der Waals surface area contributed by atoms with Crippen molar-refractivity contribution >= 4 is 16.7 Å². The second kappa shape index (κ2) is 11.4. The summed E-state index contributed by atoms with van der Waals surface area (Å²) in [5.74, 6) is -0.184. The molecule has 6 nitrogen and oxygen atoms in total. The highest BCUT2D eigenvalue weighted by Gasteiger charge is 2.26. The highest BCUT2D eigenvalue weighted by Crippen LogP contribution is 2.18. The first-order valence-corrected chi connectivity index (χ1v) is 10.6. The Balaban J connectivity index is 2.20. The molecule has 166 valence electrons. The van der Waals surface area contributed by atoms with Crippen molar-refractivity contribution in [3.05, 3.63) is 48.0 Å². The van der Waals surface area contributed by atoms with Crippen molar-refractivity contribution in [2.45, 2.75) is 59.1 Å². The van der Waals surface area contributed by atoms with E-state index in [9.17, 15) is 4.79 Å². The zero-order valence-corrected chi connectivity index (χ0v) is 18.9. The van der Waals surface area contributed by atoms with Crippen LogP contribution < -0.4 is 5.73 Å².